The van der Waals surface area contributed by atoms with Crippen LogP contribution in [0.1, 0.15) is 17.4 Å². The predicted octanol–water partition coefficient (Wildman–Crippen LogP) is 2.74. The smallest absolute Gasteiger partial charge is 0.231 e. The fourth-order valence-corrected chi connectivity index (χ4v) is 2.45. The lowest BCUT2D eigenvalue weighted by Gasteiger charge is -1.98. The van der Waals surface area contributed by atoms with E-state index in [1.165, 1.54) is 18.3 Å². The second kappa shape index (κ2) is 3.85. The molecule has 0 amide bonds. The molecule has 0 saturated heterocycles. The van der Waals surface area contributed by atoms with E-state index in [1.807, 2.05) is 18.2 Å². The van der Waals surface area contributed by atoms with E-state index in [-0.39, 0.29) is 12.6 Å². The Hall–Kier alpha value is -1.88. The van der Waals surface area contributed by atoms with Gasteiger partial charge in [-0.05, 0) is 18.2 Å². The number of ether oxygens (including phenoxy) is 2. The van der Waals surface area contributed by atoms with Crippen molar-refractivity contribution in [2.75, 3.05) is 6.79 Å². The number of hydrogen-bond acceptors (Lipinski definition) is 5. The average molecular weight is 247 g/mol. The summed E-state index contributed by atoms with van der Waals surface area (Å²) in [6.07, 6.45) is 0. The zero-order chi connectivity index (χ0) is 11.8. The summed E-state index contributed by atoms with van der Waals surface area (Å²) < 4.78 is 10.5. The van der Waals surface area contributed by atoms with Gasteiger partial charge in [-0.25, -0.2) is 4.98 Å². The first-order valence-electron chi connectivity index (χ1n) is 5.10. The molecular weight excluding hydrogens is 238 g/mol. The number of carbonyl (C=O) groups is 1. The first-order chi connectivity index (χ1) is 8.24. The third kappa shape index (κ3) is 1.78. The Morgan fingerprint density at radius 3 is 2.94 bits per heavy atom. The fourth-order valence-electron chi connectivity index (χ4n) is 1.60. The van der Waals surface area contributed by atoms with E-state index >= 15 is 0 Å². The maximum absolute atomic E-state index is 11.2. The number of Topliss-reactive ketones (excluding diaryl/α,β-unsaturated/α-hetero) is 1. The minimum atomic E-state index is -0.0201. The molecule has 1 aliphatic heterocycles. The Labute approximate surface area is 102 Å². The number of benzene rings is 1. The van der Waals surface area contributed by atoms with Gasteiger partial charge in [0.1, 0.15) is 10.7 Å². The number of fused-ring (bicyclic) bond motifs is 1. The number of nitrogens with zero attached hydrogens (tertiary/aromatic N) is 1. The summed E-state index contributed by atoms with van der Waals surface area (Å²) in [4.78, 5) is 15.5. The van der Waals surface area contributed by atoms with Gasteiger partial charge in [0.15, 0.2) is 17.3 Å². The van der Waals surface area contributed by atoms with Gasteiger partial charge >= 0.3 is 0 Å². The number of ketones is 1. The third-order valence-corrected chi connectivity index (χ3v) is 3.38. The number of carbonyl (C=O) groups excluding carboxylic acids is 1. The molecule has 1 aromatic carbocycles. The SMILES string of the molecule is CC(=O)c1csc(-c2ccc3c(c2)OCO3)n1. The highest BCUT2D eigenvalue weighted by molar-refractivity contribution is 7.13. The highest BCUT2D eigenvalue weighted by Crippen LogP contribution is 2.36. The lowest BCUT2D eigenvalue weighted by Crippen LogP contribution is -1.92. The van der Waals surface area contributed by atoms with Crippen molar-refractivity contribution in [2.24, 2.45) is 0 Å². The predicted molar refractivity (Wildman–Crippen MR) is 63.7 cm³/mol. The van der Waals surface area contributed by atoms with Crippen LogP contribution in [0.3, 0.4) is 0 Å². The zero-order valence-electron chi connectivity index (χ0n) is 9.10. The molecule has 1 aromatic heterocycles. The maximum Gasteiger partial charge on any atom is 0.231 e. The average Bonchev–Trinajstić information content (AvgIpc) is 2.97. The Bertz CT molecular complexity index is 591. The van der Waals surface area contributed by atoms with Crippen molar-refractivity contribution in [3.63, 3.8) is 0 Å². The molecule has 3 rings (SSSR count). The summed E-state index contributed by atoms with van der Waals surface area (Å²) in [5.74, 6) is 1.45. The molecule has 1 aliphatic rings. The van der Waals surface area contributed by atoms with Gasteiger partial charge in [0.25, 0.3) is 0 Å². The summed E-state index contributed by atoms with van der Waals surface area (Å²) in [6.45, 7) is 1.77. The molecule has 0 fully saturated rings. The number of rotatable bonds is 2. The minimum Gasteiger partial charge on any atom is -0.454 e. The molecule has 2 aromatic rings. The molecule has 0 aliphatic carbocycles. The Balaban J connectivity index is 2.00. The van der Waals surface area contributed by atoms with Crippen LogP contribution >= 0.6 is 11.3 Å². The third-order valence-electron chi connectivity index (χ3n) is 2.48. The maximum atomic E-state index is 11.2. The van der Waals surface area contributed by atoms with E-state index in [1.54, 1.807) is 5.38 Å². The molecule has 86 valence electrons. The molecule has 0 bridgehead atoms. The molecule has 0 radical (unpaired) electrons. The van der Waals surface area contributed by atoms with Crippen LogP contribution in [0.5, 0.6) is 11.5 Å². The van der Waals surface area contributed by atoms with Gasteiger partial charge in [0.2, 0.25) is 6.79 Å². The quantitative estimate of drug-likeness (QED) is 0.765. The summed E-state index contributed by atoms with van der Waals surface area (Å²) in [7, 11) is 0. The number of aromatic nitrogens is 1. The van der Waals surface area contributed by atoms with Gasteiger partial charge in [0.05, 0.1) is 0 Å². The van der Waals surface area contributed by atoms with Crippen LogP contribution in [0.2, 0.25) is 0 Å². The molecule has 2 heterocycles. The van der Waals surface area contributed by atoms with Crippen LogP contribution in [0.25, 0.3) is 10.6 Å². The van der Waals surface area contributed by atoms with Gasteiger partial charge < -0.3 is 9.47 Å². The lowest BCUT2D eigenvalue weighted by molar-refractivity contribution is 0.101. The van der Waals surface area contributed by atoms with E-state index in [0.29, 0.717) is 5.69 Å². The van der Waals surface area contributed by atoms with Crippen molar-refractivity contribution >= 4 is 17.1 Å². The van der Waals surface area contributed by atoms with Crippen molar-refractivity contribution in [2.45, 2.75) is 6.92 Å². The van der Waals surface area contributed by atoms with Crippen molar-refractivity contribution in [3.8, 4) is 22.1 Å². The highest BCUT2D eigenvalue weighted by Gasteiger charge is 2.15. The van der Waals surface area contributed by atoms with Crippen molar-refractivity contribution < 1.29 is 14.3 Å². The van der Waals surface area contributed by atoms with E-state index < -0.39 is 0 Å². The number of thiazole rings is 1. The highest BCUT2D eigenvalue weighted by atomic mass is 32.1. The molecule has 17 heavy (non-hydrogen) atoms. The first-order valence-corrected chi connectivity index (χ1v) is 5.98. The van der Waals surface area contributed by atoms with Crippen LogP contribution in [0.15, 0.2) is 23.6 Å². The molecule has 0 N–H and O–H groups in total. The monoisotopic (exact) mass is 247 g/mol. The molecule has 0 atom stereocenters. The summed E-state index contributed by atoms with van der Waals surface area (Å²) in [5.41, 5.74) is 1.44. The normalized spacial score (nSPS) is 12.8. The molecule has 0 saturated carbocycles. The van der Waals surface area contributed by atoms with Crippen LogP contribution in [-0.4, -0.2) is 17.6 Å². The second-order valence-corrected chi connectivity index (χ2v) is 4.52. The Kier molecular flexibility index (Phi) is 2.33. The first kappa shape index (κ1) is 10.3. The van der Waals surface area contributed by atoms with Crippen molar-refractivity contribution in [1.29, 1.82) is 0 Å². The van der Waals surface area contributed by atoms with Crippen LogP contribution in [0, 0.1) is 0 Å². The molecule has 0 spiro atoms. The standard InChI is InChI=1S/C12H9NO3S/c1-7(14)9-5-17-12(13-9)8-2-3-10-11(4-8)16-6-15-10/h2-5H,6H2,1H3. The van der Waals surface area contributed by atoms with E-state index in [0.717, 1.165) is 22.1 Å². The van der Waals surface area contributed by atoms with Gasteiger partial charge in [-0.2, -0.15) is 0 Å². The Morgan fingerprint density at radius 1 is 1.35 bits per heavy atom. The largest absolute Gasteiger partial charge is 0.454 e. The van der Waals surface area contributed by atoms with Gasteiger partial charge in [-0.1, -0.05) is 0 Å². The van der Waals surface area contributed by atoms with Crippen LogP contribution < -0.4 is 9.47 Å². The van der Waals surface area contributed by atoms with Gasteiger partial charge in [-0.3, -0.25) is 4.79 Å². The molecular formula is C12H9NO3S. The lowest BCUT2D eigenvalue weighted by atomic mass is 10.2. The summed E-state index contributed by atoms with van der Waals surface area (Å²) in [6, 6.07) is 5.65. The Morgan fingerprint density at radius 2 is 2.18 bits per heavy atom. The minimum absolute atomic E-state index is 0.0201. The summed E-state index contributed by atoms with van der Waals surface area (Å²) in [5, 5.41) is 2.58. The van der Waals surface area contributed by atoms with Crippen molar-refractivity contribution in [1.82, 2.24) is 4.98 Å². The van der Waals surface area contributed by atoms with Crippen LogP contribution in [-0.2, 0) is 0 Å². The zero-order valence-corrected chi connectivity index (χ0v) is 9.91. The van der Waals surface area contributed by atoms with Gasteiger partial charge in [-0.15, -0.1) is 11.3 Å². The van der Waals surface area contributed by atoms with Crippen LogP contribution in [0.4, 0.5) is 0 Å². The molecule has 5 heteroatoms. The summed E-state index contributed by atoms with van der Waals surface area (Å²) >= 11 is 1.45. The van der Waals surface area contributed by atoms with Gasteiger partial charge in [0, 0.05) is 17.9 Å². The van der Waals surface area contributed by atoms with Crippen molar-refractivity contribution in [3.05, 3.63) is 29.3 Å². The topological polar surface area (TPSA) is 48.4 Å². The molecule has 0 unspecified atom stereocenters. The fraction of sp³-hybridized carbons (Fsp3) is 0.167. The van der Waals surface area contributed by atoms with E-state index in [9.17, 15) is 4.79 Å². The number of hydrogen-bond donors (Lipinski definition) is 0. The molecule has 4 nitrogen and oxygen atoms in total. The van der Waals surface area contributed by atoms with E-state index in [2.05, 4.69) is 4.98 Å². The van der Waals surface area contributed by atoms with E-state index in [4.69, 9.17) is 9.47 Å². The second-order valence-electron chi connectivity index (χ2n) is 3.66.